The van der Waals surface area contributed by atoms with E-state index in [1.807, 2.05) is 84.9 Å². The standard InChI is InChI=1S/C21H21N/c1-22(16-8-11-18-9-3-2-4-10-18)17-20-14-7-13-19-12-5-6-15-21(19)20/h2-15H,16-17H2,1H3/b11-8+/i1D3. The predicted octanol–water partition coefficient (Wildman–Crippen LogP) is 4.99. The highest BCUT2D eigenvalue weighted by Crippen LogP contribution is 2.19. The first-order valence-electron chi connectivity index (χ1n) is 8.97. The second-order valence-electron chi connectivity index (χ2n) is 5.33. The Morgan fingerprint density at radius 2 is 1.68 bits per heavy atom. The highest BCUT2D eigenvalue weighted by atomic mass is 15.1. The van der Waals surface area contributed by atoms with E-state index in [1.54, 1.807) is 0 Å². The molecule has 110 valence electrons. The Kier molecular flexibility index (Phi) is 3.60. The first kappa shape index (κ1) is 11.2. The summed E-state index contributed by atoms with van der Waals surface area (Å²) in [6.07, 6.45) is 3.87. The van der Waals surface area contributed by atoms with Gasteiger partial charge in [-0.2, -0.15) is 0 Å². The molecule has 0 aliphatic carbocycles. The normalized spacial score (nSPS) is 14.1. The molecule has 0 radical (unpaired) electrons. The van der Waals surface area contributed by atoms with Crippen LogP contribution in [-0.2, 0) is 6.54 Å². The SMILES string of the molecule is [2H]C([2H])([2H])N(C/C=C/c1ccccc1)Cc1cccc2ccccc12. The Morgan fingerprint density at radius 1 is 0.909 bits per heavy atom. The van der Waals surface area contributed by atoms with Crippen molar-refractivity contribution in [3.63, 3.8) is 0 Å². The molecule has 22 heavy (non-hydrogen) atoms. The molecule has 0 spiro atoms. The van der Waals surface area contributed by atoms with E-state index in [0.717, 1.165) is 21.9 Å². The van der Waals surface area contributed by atoms with E-state index < -0.39 is 6.98 Å². The minimum Gasteiger partial charge on any atom is -0.298 e. The molecule has 3 aromatic carbocycles. The van der Waals surface area contributed by atoms with Gasteiger partial charge in [0, 0.05) is 17.2 Å². The van der Waals surface area contributed by atoms with Crippen LogP contribution in [0.4, 0.5) is 0 Å². The van der Waals surface area contributed by atoms with E-state index >= 15 is 0 Å². The maximum Gasteiger partial charge on any atom is 0.0394 e. The number of hydrogen-bond acceptors (Lipinski definition) is 1. The van der Waals surface area contributed by atoms with E-state index in [1.165, 1.54) is 4.90 Å². The fraction of sp³-hybridized carbons (Fsp3) is 0.143. The molecule has 0 saturated heterocycles. The van der Waals surface area contributed by atoms with Gasteiger partial charge in [0.1, 0.15) is 0 Å². The minimum atomic E-state index is -2.14. The smallest absolute Gasteiger partial charge is 0.0394 e. The molecular formula is C21H21N. The van der Waals surface area contributed by atoms with Gasteiger partial charge in [0.2, 0.25) is 0 Å². The molecule has 0 aliphatic rings. The second kappa shape index (κ2) is 7.06. The molecule has 0 aromatic heterocycles. The maximum atomic E-state index is 7.85. The topological polar surface area (TPSA) is 3.24 Å². The van der Waals surface area contributed by atoms with Crippen LogP contribution in [0, 0.1) is 0 Å². The number of rotatable bonds is 5. The third kappa shape index (κ3) is 3.63. The van der Waals surface area contributed by atoms with Crippen molar-refractivity contribution in [3.8, 4) is 0 Å². The van der Waals surface area contributed by atoms with Crippen LogP contribution in [0.5, 0.6) is 0 Å². The molecule has 0 saturated carbocycles. The summed E-state index contributed by atoms with van der Waals surface area (Å²) >= 11 is 0. The van der Waals surface area contributed by atoms with E-state index in [9.17, 15) is 0 Å². The molecule has 1 nitrogen and oxygen atoms in total. The second-order valence-corrected chi connectivity index (χ2v) is 5.33. The first-order chi connectivity index (χ1) is 12.0. The molecule has 3 rings (SSSR count). The van der Waals surface area contributed by atoms with E-state index in [2.05, 4.69) is 0 Å². The molecule has 0 N–H and O–H groups in total. The van der Waals surface area contributed by atoms with Crippen LogP contribution in [0.1, 0.15) is 15.2 Å². The quantitative estimate of drug-likeness (QED) is 0.640. The Hall–Kier alpha value is -2.38. The number of nitrogens with zero attached hydrogens (tertiary/aromatic N) is 1. The molecule has 1 heteroatoms. The van der Waals surface area contributed by atoms with Gasteiger partial charge >= 0.3 is 0 Å². The van der Waals surface area contributed by atoms with Crippen LogP contribution >= 0.6 is 0 Å². The number of benzene rings is 3. The molecule has 0 amide bonds. The summed E-state index contributed by atoms with van der Waals surface area (Å²) in [5.74, 6) is 0. The average molecular weight is 290 g/mol. The Labute approximate surface area is 136 Å². The summed E-state index contributed by atoms with van der Waals surface area (Å²) in [4.78, 5) is 1.52. The predicted molar refractivity (Wildman–Crippen MR) is 95.8 cm³/mol. The molecule has 0 unspecified atom stereocenters. The summed E-state index contributed by atoms with van der Waals surface area (Å²) < 4.78 is 23.6. The fourth-order valence-electron chi connectivity index (χ4n) is 2.58. The lowest BCUT2D eigenvalue weighted by molar-refractivity contribution is 0.365. The van der Waals surface area contributed by atoms with Crippen molar-refractivity contribution in [2.24, 2.45) is 0 Å². The molecule has 0 fully saturated rings. The van der Waals surface area contributed by atoms with Gasteiger partial charge in [-0.15, -0.1) is 0 Å². The molecule has 0 heterocycles. The van der Waals surface area contributed by atoms with Crippen molar-refractivity contribution >= 4 is 16.8 Å². The van der Waals surface area contributed by atoms with Crippen molar-refractivity contribution in [1.82, 2.24) is 4.90 Å². The van der Waals surface area contributed by atoms with E-state index in [4.69, 9.17) is 4.11 Å². The molecule has 3 aromatic rings. The number of hydrogen-bond donors (Lipinski definition) is 0. The molecule has 0 bridgehead atoms. The summed E-state index contributed by atoms with van der Waals surface area (Å²) in [6.45, 7) is -1.39. The molecule has 0 atom stereocenters. The summed E-state index contributed by atoms with van der Waals surface area (Å²) in [5.41, 5.74) is 2.10. The van der Waals surface area contributed by atoms with E-state index in [0.29, 0.717) is 13.1 Å². The van der Waals surface area contributed by atoms with E-state index in [-0.39, 0.29) is 0 Å². The Balaban J connectivity index is 1.80. The summed E-state index contributed by atoms with van der Waals surface area (Å²) in [5, 5.41) is 2.23. The van der Waals surface area contributed by atoms with Crippen molar-refractivity contribution in [1.29, 1.82) is 0 Å². The minimum absolute atomic E-state index is 0.370. The maximum absolute atomic E-state index is 7.85. The van der Waals surface area contributed by atoms with Crippen molar-refractivity contribution < 1.29 is 4.11 Å². The third-order valence-corrected chi connectivity index (χ3v) is 3.68. The van der Waals surface area contributed by atoms with Gasteiger partial charge in [-0.1, -0.05) is 84.9 Å². The average Bonchev–Trinajstić information content (AvgIpc) is 2.61. The van der Waals surface area contributed by atoms with Crippen molar-refractivity contribution in [2.45, 2.75) is 6.54 Å². The van der Waals surface area contributed by atoms with Crippen LogP contribution < -0.4 is 0 Å². The van der Waals surface area contributed by atoms with Crippen LogP contribution in [-0.4, -0.2) is 18.4 Å². The fourth-order valence-corrected chi connectivity index (χ4v) is 2.58. The zero-order valence-corrected chi connectivity index (χ0v) is 12.4. The highest BCUT2D eigenvalue weighted by molar-refractivity contribution is 5.85. The molecule has 0 aliphatic heterocycles. The van der Waals surface area contributed by atoms with Gasteiger partial charge < -0.3 is 0 Å². The third-order valence-electron chi connectivity index (χ3n) is 3.68. The number of likely N-dealkylation sites (N-methyl/N-ethyl adjacent to an activating group) is 1. The van der Waals surface area contributed by atoms with Gasteiger partial charge in [0.05, 0.1) is 0 Å². The largest absolute Gasteiger partial charge is 0.298 e. The first-order valence-corrected chi connectivity index (χ1v) is 7.47. The van der Waals surface area contributed by atoms with Crippen molar-refractivity contribution in [2.75, 3.05) is 13.5 Å². The zero-order chi connectivity index (χ0) is 17.7. The van der Waals surface area contributed by atoms with Gasteiger partial charge in [-0.05, 0) is 28.9 Å². The van der Waals surface area contributed by atoms with Gasteiger partial charge in [0.15, 0.2) is 0 Å². The van der Waals surface area contributed by atoms with Crippen LogP contribution in [0.25, 0.3) is 16.8 Å². The van der Waals surface area contributed by atoms with Crippen LogP contribution in [0.3, 0.4) is 0 Å². The highest BCUT2D eigenvalue weighted by Gasteiger charge is 2.03. The monoisotopic (exact) mass is 290 g/mol. The Morgan fingerprint density at radius 3 is 2.55 bits per heavy atom. The van der Waals surface area contributed by atoms with Gasteiger partial charge in [0.25, 0.3) is 0 Å². The Bertz CT molecular complexity index is 848. The number of fused-ring (bicyclic) bond motifs is 1. The van der Waals surface area contributed by atoms with Crippen molar-refractivity contribution in [3.05, 3.63) is 90.0 Å². The zero-order valence-electron chi connectivity index (χ0n) is 15.4. The summed E-state index contributed by atoms with van der Waals surface area (Å²) in [6, 6.07) is 24.0. The van der Waals surface area contributed by atoms with Gasteiger partial charge in [-0.3, -0.25) is 4.90 Å². The van der Waals surface area contributed by atoms with Crippen LogP contribution in [0.15, 0.2) is 78.9 Å². The van der Waals surface area contributed by atoms with Crippen LogP contribution in [0.2, 0.25) is 0 Å². The lowest BCUT2D eigenvalue weighted by atomic mass is 10.0. The lowest BCUT2D eigenvalue weighted by Gasteiger charge is -2.16. The molecular weight excluding hydrogens is 266 g/mol. The van der Waals surface area contributed by atoms with Gasteiger partial charge in [-0.25, -0.2) is 0 Å². The lowest BCUT2D eigenvalue weighted by Crippen LogP contribution is -2.17. The summed E-state index contributed by atoms with van der Waals surface area (Å²) in [7, 11) is 0.